The Morgan fingerprint density at radius 2 is 2.27 bits per heavy atom. The minimum atomic E-state index is 0.290. The summed E-state index contributed by atoms with van der Waals surface area (Å²) in [6, 6.07) is 4.39. The first kappa shape index (κ1) is 11.2. The van der Waals surface area contributed by atoms with Crippen LogP contribution in [0.3, 0.4) is 0 Å². The fourth-order valence-corrected chi connectivity index (χ4v) is 2.89. The van der Waals surface area contributed by atoms with Crippen molar-refractivity contribution in [2.75, 3.05) is 13.1 Å². The van der Waals surface area contributed by atoms with E-state index < -0.39 is 0 Å². The van der Waals surface area contributed by atoms with Gasteiger partial charge in [-0.05, 0) is 36.8 Å². The Hall–Kier alpha value is -0.340. The number of hydrogen-bond donors (Lipinski definition) is 1. The lowest BCUT2D eigenvalue weighted by atomic mass is 9.85. The monoisotopic (exact) mass is 223 g/mol. The molecule has 0 amide bonds. The lowest BCUT2D eigenvalue weighted by Crippen LogP contribution is -2.36. The van der Waals surface area contributed by atoms with E-state index in [1.807, 2.05) is 11.3 Å². The van der Waals surface area contributed by atoms with Crippen molar-refractivity contribution in [1.82, 2.24) is 5.32 Å². The van der Waals surface area contributed by atoms with Gasteiger partial charge in [0.1, 0.15) is 0 Å². The Kier molecular flexibility index (Phi) is 3.47. The van der Waals surface area contributed by atoms with Crippen LogP contribution in [0.4, 0.5) is 0 Å². The van der Waals surface area contributed by atoms with Crippen molar-refractivity contribution < 1.29 is 0 Å². The summed E-state index contributed by atoms with van der Waals surface area (Å²) in [7, 11) is 0. The van der Waals surface area contributed by atoms with Crippen LogP contribution in [-0.4, -0.2) is 13.1 Å². The van der Waals surface area contributed by atoms with Crippen molar-refractivity contribution in [3.63, 3.8) is 0 Å². The molecule has 1 saturated carbocycles. The third-order valence-corrected chi connectivity index (χ3v) is 4.65. The topological polar surface area (TPSA) is 12.0 Å². The fourth-order valence-electron chi connectivity index (χ4n) is 2.04. The average molecular weight is 223 g/mol. The summed E-state index contributed by atoms with van der Waals surface area (Å²) in [5.74, 6) is 0.962. The highest BCUT2D eigenvalue weighted by Gasteiger charge is 2.22. The Morgan fingerprint density at radius 3 is 2.80 bits per heavy atom. The number of hydrogen-bond acceptors (Lipinski definition) is 2. The van der Waals surface area contributed by atoms with Gasteiger partial charge in [0.05, 0.1) is 0 Å². The Balaban J connectivity index is 1.77. The maximum absolute atomic E-state index is 3.62. The summed E-state index contributed by atoms with van der Waals surface area (Å²) in [6.07, 6.45) is 4.32. The molecule has 0 aromatic carbocycles. The van der Waals surface area contributed by atoms with Gasteiger partial charge in [0.2, 0.25) is 0 Å². The highest BCUT2D eigenvalue weighted by atomic mass is 32.1. The molecule has 1 heterocycles. The lowest BCUT2D eigenvalue weighted by Gasteiger charge is -2.29. The van der Waals surface area contributed by atoms with E-state index in [-0.39, 0.29) is 5.41 Å². The Labute approximate surface area is 96.9 Å². The van der Waals surface area contributed by atoms with Gasteiger partial charge in [-0.25, -0.2) is 0 Å². The molecular formula is C13H21NS. The molecule has 2 heteroatoms. The summed E-state index contributed by atoms with van der Waals surface area (Å²) in [4.78, 5) is 1.49. The van der Waals surface area contributed by atoms with E-state index in [0.717, 1.165) is 12.5 Å². The first-order valence-electron chi connectivity index (χ1n) is 5.93. The molecule has 1 nitrogen and oxygen atoms in total. The quantitative estimate of drug-likeness (QED) is 0.806. The van der Waals surface area contributed by atoms with Crippen LogP contribution < -0.4 is 5.32 Å². The van der Waals surface area contributed by atoms with Gasteiger partial charge in [-0.15, -0.1) is 11.3 Å². The molecule has 84 valence electrons. The van der Waals surface area contributed by atoms with Gasteiger partial charge in [0, 0.05) is 16.8 Å². The van der Waals surface area contributed by atoms with Crippen LogP contribution in [0.1, 0.15) is 38.0 Å². The summed E-state index contributed by atoms with van der Waals surface area (Å²) in [6.45, 7) is 6.97. The lowest BCUT2D eigenvalue weighted by molar-refractivity contribution is 0.293. The molecule has 0 unspecified atom stereocenters. The molecule has 2 rings (SSSR count). The highest BCUT2D eigenvalue weighted by molar-refractivity contribution is 7.10. The van der Waals surface area contributed by atoms with Crippen molar-refractivity contribution in [3.8, 4) is 0 Å². The van der Waals surface area contributed by atoms with Crippen LogP contribution in [0, 0.1) is 5.92 Å². The molecule has 1 N–H and O–H groups in total. The van der Waals surface area contributed by atoms with Crippen molar-refractivity contribution in [1.29, 1.82) is 0 Å². The van der Waals surface area contributed by atoms with Crippen molar-refractivity contribution >= 4 is 11.3 Å². The van der Waals surface area contributed by atoms with Gasteiger partial charge in [-0.2, -0.15) is 0 Å². The molecule has 0 bridgehead atoms. The minimum Gasteiger partial charge on any atom is -0.316 e. The minimum absolute atomic E-state index is 0.290. The third kappa shape index (κ3) is 2.82. The van der Waals surface area contributed by atoms with Gasteiger partial charge in [-0.3, -0.25) is 0 Å². The predicted octanol–water partition coefficient (Wildman–Crippen LogP) is 3.42. The van der Waals surface area contributed by atoms with Crippen LogP contribution >= 0.6 is 11.3 Å². The summed E-state index contributed by atoms with van der Waals surface area (Å²) >= 11 is 1.87. The molecule has 1 aromatic heterocycles. The molecule has 0 atom stereocenters. The molecule has 1 aliphatic rings. The number of nitrogens with one attached hydrogen (secondary N) is 1. The van der Waals surface area contributed by atoms with Gasteiger partial charge >= 0.3 is 0 Å². The third-order valence-electron chi connectivity index (χ3n) is 3.41. The van der Waals surface area contributed by atoms with Gasteiger partial charge in [0.25, 0.3) is 0 Å². The smallest absolute Gasteiger partial charge is 0.0115 e. The second-order valence-electron chi connectivity index (χ2n) is 5.29. The van der Waals surface area contributed by atoms with Gasteiger partial charge < -0.3 is 5.32 Å². The van der Waals surface area contributed by atoms with Gasteiger partial charge in [0.15, 0.2) is 0 Å². The standard InChI is InChI=1S/C13H21NS/c1-13(2,12-7-4-8-15-12)10-14-9-11-5-3-6-11/h4,7-8,11,14H,3,5-6,9-10H2,1-2H3. The van der Waals surface area contributed by atoms with Crippen LogP contribution in [0.5, 0.6) is 0 Å². The molecule has 1 aliphatic carbocycles. The van der Waals surface area contributed by atoms with E-state index >= 15 is 0 Å². The zero-order valence-electron chi connectivity index (χ0n) is 9.75. The second kappa shape index (κ2) is 4.67. The van der Waals surface area contributed by atoms with Crippen LogP contribution in [-0.2, 0) is 5.41 Å². The molecule has 15 heavy (non-hydrogen) atoms. The summed E-state index contributed by atoms with van der Waals surface area (Å²) in [5.41, 5.74) is 0.290. The van der Waals surface area contributed by atoms with Crippen molar-refractivity contribution in [2.45, 2.75) is 38.5 Å². The normalized spacial score (nSPS) is 17.7. The largest absolute Gasteiger partial charge is 0.316 e. The average Bonchev–Trinajstić information content (AvgIpc) is 2.62. The van der Waals surface area contributed by atoms with E-state index in [9.17, 15) is 0 Å². The highest BCUT2D eigenvalue weighted by Crippen LogP contribution is 2.28. The first-order valence-corrected chi connectivity index (χ1v) is 6.81. The molecular weight excluding hydrogens is 202 g/mol. The Bertz CT molecular complexity index is 285. The van der Waals surface area contributed by atoms with E-state index in [4.69, 9.17) is 0 Å². The van der Waals surface area contributed by atoms with E-state index in [2.05, 4.69) is 36.7 Å². The molecule has 0 aliphatic heterocycles. The molecule has 0 spiro atoms. The Morgan fingerprint density at radius 1 is 1.47 bits per heavy atom. The fraction of sp³-hybridized carbons (Fsp3) is 0.692. The van der Waals surface area contributed by atoms with Gasteiger partial charge in [-0.1, -0.05) is 26.3 Å². The number of rotatable bonds is 5. The SMILES string of the molecule is CC(C)(CNCC1CCC1)c1cccs1. The van der Waals surface area contributed by atoms with Crippen LogP contribution in [0.25, 0.3) is 0 Å². The molecule has 0 saturated heterocycles. The van der Waals surface area contributed by atoms with E-state index in [0.29, 0.717) is 0 Å². The molecule has 1 aromatic rings. The maximum Gasteiger partial charge on any atom is 0.0115 e. The maximum atomic E-state index is 3.62. The van der Waals surface area contributed by atoms with E-state index in [1.54, 1.807) is 0 Å². The van der Waals surface area contributed by atoms with Crippen molar-refractivity contribution in [3.05, 3.63) is 22.4 Å². The van der Waals surface area contributed by atoms with Crippen LogP contribution in [0.2, 0.25) is 0 Å². The molecule has 1 fully saturated rings. The summed E-state index contributed by atoms with van der Waals surface area (Å²) in [5, 5.41) is 5.79. The predicted molar refractivity (Wildman–Crippen MR) is 67.6 cm³/mol. The zero-order chi connectivity index (χ0) is 10.7. The van der Waals surface area contributed by atoms with Crippen LogP contribution in [0.15, 0.2) is 17.5 Å². The molecule has 0 radical (unpaired) electrons. The zero-order valence-corrected chi connectivity index (χ0v) is 10.6. The first-order chi connectivity index (χ1) is 7.18. The van der Waals surface area contributed by atoms with Crippen molar-refractivity contribution in [2.24, 2.45) is 5.92 Å². The second-order valence-corrected chi connectivity index (χ2v) is 6.24. The van der Waals surface area contributed by atoms with E-state index in [1.165, 1.54) is 30.7 Å². The summed E-state index contributed by atoms with van der Waals surface area (Å²) < 4.78 is 0. The number of thiophene rings is 1.